The minimum atomic E-state index is -2.85. The van der Waals surface area contributed by atoms with Gasteiger partial charge in [0.2, 0.25) is 0 Å². The monoisotopic (exact) mass is 207 g/mol. The molecule has 1 aromatic heterocycles. The number of hydrogen-bond acceptors (Lipinski definition) is 2. The molecular weight excluding hydrogens is 200 g/mol. The summed E-state index contributed by atoms with van der Waals surface area (Å²) in [5.74, 6) is 0. The van der Waals surface area contributed by atoms with Crippen LogP contribution in [-0.2, 0) is 0 Å². The van der Waals surface area contributed by atoms with Crippen LogP contribution in [0.4, 0.5) is 8.78 Å². The van der Waals surface area contributed by atoms with Crippen LogP contribution >= 0.6 is 11.6 Å². The van der Waals surface area contributed by atoms with Crippen molar-refractivity contribution in [2.45, 2.75) is 19.5 Å². The van der Waals surface area contributed by atoms with E-state index in [1.807, 2.05) is 0 Å². The van der Waals surface area contributed by atoms with Gasteiger partial charge >= 0.3 is 0 Å². The Morgan fingerprint density at radius 3 is 2.54 bits per heavy atom. The molecule has 0 aliphatic heterocycles. The lowest BCUT2D eigenvalue weighted by Gasteiger charge is -2.10. The first-order chi connectivity index (χ1) is 6.02. The van der Waals surface area contributed by atoms with Crippen molar-refractivity contribution in [2.75, 3.05) is 0 Å². The Labute approximate surface area is 79.2 Å². The minimum absolute atomic E-state index is 0.0396. The van der Waals surface area contributed by atoms with E-state index in [2.05, 4.69) is 4.98 Å². The molecule has 0 saturated heterocycles. The van der Waals surface area contributed by atoms with E-state index >= 15 is 0 Å². The third-order valence-electron chi connectivity index (χ3n) is 1.57. The highest BCUT2D eigenvalue weighted by Gasteiger charge is 2.22. The van der Waals surface area contributed by atoms with E-state index in [-0.39, 0.29) is 10.7 Å². The molecule has 1 heterocycles. The quantitative estimate of drug-likeness (QED) is 0.756. The molecule has 0 amide bonds. The number of aliphatic hydroxyl groups excluding tert-OH is 1. The standard InChI is InChI=1S/C8H8ClF2NO/c1-4-2-3-5(7(9)12-4)6(13)8(10)11/h2-3,6,8,13H,1H3. The van der Waals surface area contributed by atoms with Gasteiger partial charge in [0, 0.05) is 11.3 Å². The van der Waals surface area contributed by atoms with Crippen LogP contribution in [0.1, 0.15) is 17.4 Å². The van der Waals surface area contributed by atoms with Gasteiger partial charge in [0.15, 0.2) is 0 Å². The van der Waals surface area contributed by atoms with Crippen molar-refractivity contribution < 1.29 is 13.9 Å². The van der Waals surface area contributed by atoms with E-state index < -0.39 is 12.5 Å². The van der Waals surface area contributed by atoms with Gasteiger partial charge in [-0.2, -0.15) is 0 Å². The fourth-order valence-corrected chi connectivity index (χ4v) is 1.20. The van der Waals surface area contributed by atoms with Gasteiger partial charge in [0.05, 0.1) is 0 Å². The van der Waals surface area contributed by atoms with Gasteiger partial charge in [-0.25, -0.2) is 13.8 Å². The van der Waals surface area contributed by atoms with Crippen molar-refractivity contribution in [3.8, 4) is 0 Å². The number of aliphatic hydroxyl groups is 1. The first kappa shape index (κ1) is 10.3. The molecule has 72 valence electrons. The molecule has 13 heavy (non-hydrogen) atoms. The highest BCUT2D eigenvalue weighted by Crippen LogP contribution is 2.25. The van der Waals surface area contributed by atoms with Crippen LogP contribution in [0.15, 0.2) is 12.1 Å². The zero-order chi connectivity index (χ0) is 10.0. The molecule has 0 aromatic carbocycles. The largest absolute Gasteiger partial charge is 0.382 e. The first-order valence-corrected chi connectivity index (χ1v) is 3.99. The maximum Gasteiger partial charge on any atom is 0.268 e. The molecule has 5 heteroatoms. The Morgan fingerprint density at radius 1 is 1.46 bits per heavy atom. The van der Waals surface area contributed by atoms with Crippen molar-refractivity contribution in [3.05, 3.63) is 28.5 Å². The summed E-state index contributed by atoms with van der Waals surface area (Å²) in [6.45, 7) is 1.68. The lowest BCUT2D eigenvalue weighted by molar-refractivity contribution is -0.00591. The molecule has 1 N–H and O–H groups in total. The second-order valence-corrected chi connectivity index (χ2v) is 2.97. The molecule has 0 bridgehead atoms. The lowest BCUT2D eigenvalue weighted by Crippen LogP contribution is -2.09. The van der Waals surface area contributed by atoms with Gasteiger partial charge in [-0.3, -0.25) is 0 Å². The summed E-state index contributed by atoms with van der Waals surface area (Å²) in [5.41, 5.74) is 0.581. The molecule has 0 radical (unpaired) electrons. The van der Waals surface area contributed by atoms with Crippen molar-refractivity contribution >= 4 is 11.6 Å². The second-order valence-electron chi connectivity index (χ2n) is 2.61. The Kier molecular flexibility index (Phi) is 3.17. The van der Waals surface area contributed by atoms with E-state index in [9.17, 15) is 8.78 Å². The van der Waals surface area contributed by atoms with Gasteiger partial charge in [-0.05, 0) is 13.0 Å². The molecule has 0 aliphatic carbocycles. The SMILES string of the molecule is Cc1ccc(C(O)C(F)F)c(Cl)n1. The number of aryl methyl sites for hydroxylation is 1. The van der Waals surface area contributed by atoms with Crippen LogP contribution in [0.3, 0.4) is 0 Å². The summed E-state index contributed by atoms with van der Waals surface area (Å²) in [5, 5.41) is 8.92. The fourth-order valence-electron chi connectivity index (χ4n) is 0.892. The average Bonchev–Trinajstić information content (AvgIpc) is 2.03. The molecule has 0 aliphatic rings. The number of nitrogens with zero attached hydrogens (tertiary/aromatic N) is 1. The lowest BCUT2D eigenvalue weighted by atomic mass is 10.1. The van der Waals surface area contributed by atoms with Crippen LogP contribution < -0.4 is 0 Å². The van der Waals surface area contributed by atoms with E-state index in [0.29, 0.717) is 5.69 Å². The van der Waals surface area contributed by atoms with Gasteiger partial charge in [0.25, 0.3) is 6.43 Å². The number of alkyl halides is 2. The van der Waals surface area contributed by atoms with Crippen molar-refractivity contribution in [1.82, 2.24) is 4.98 Å². The number of pyridine rings is 1. The molecule has 0 saturated carbocycles. The second kappa shape index (κ2) is 3.98. The van der Waals surface area contributed by atoms with Crippen molar-refractivity contribution in [1.29, 1.82) is 0 Å². The molecule has 0 fully saturated rings. The minimum Gasteiger partial charge on any atom is -0.382 e. The molecule has 1 unspecified atom stereocenters. The van der Waals surface area contributed by atoms with E-state index in [1.54, 1.807) is 6.92 Å². The molecule has 1 rings (SSSR count). The Hall–Kier alpha value is -0.740. The van der Waals surface area contributed by atoms with Crippen LogP contribution in [0.2, 0.25) is 5.15 Å². The van der Waals surface area contributed by atoms with E-state index in [1.165, 1.54) is 12.1 Å². The van der Waals surface area contributed by atoms with E-state index in [0.717, 1.165) is 0 Å². The van der Waals surface area contributed by atoms with Gasteiger partial charge in [-0.1, -0.05) is 17.7 Å². The number of halogens is 3. The Morgan fingerprint density at radius 2 is 2.08 bits per heavy atom. The van der Waals surface area contributed by atoms with E-state index in [4.69, 9.17) is 16.7 Å². The van der Waals surface area contributed by atoms with Gasteiger partial charge < -0.3 is 5.11 Å². The highest BCUT2D eigenvalue weighted by atomic mass is 35.5. The first-order valence-electron chi connectivity index (χ1n) is 3.61. The van der Waals surface area contributed by atoms with Crippen LogP contribution in [0.25, 0.3) is 0 Å². The summed E-state index contributed by atoms with van der Waals surface area (Å²) < 4.78 is 24.1. The van der Waals surface area contributed by atoms with Crippen molar-refractivity contribution in [3.63, 3.8) is 0 Å². The number of rotatable bonds is 2. The normalized spacial score (nSPS) is 13.4. The van der Waals surface area contributed by atoms with Crippen LogP contribution in [0.5, 0.6) is 0 Å². The third-order valence-corrected chi connectivity index (χ3v) is 1.88. The summed E-state index contributed by atoms with van der Waals surface area (Å²) in [4.78, 5) is 3.75. The fraction of sp³-hybridized carbons (Fsp3) is 0.375. The molecule has 1 aromatic rings. The predicted molar refractivity (Wildman–Crippen MR) is 44.9 cm³/mol. The van der Waals surface area contributed by atoms with Crippen LogP contribution in [0, 0.1) is 6.92 Å². The van der Waals surface area contributed by atoms with Gasteiger partial charge in [-0.15, -0.1) is 0 Å². The number of hydrogen-bond donors (Lipinski definition) is 1. The Balaban J connectivity index is 3.01. The summed E-state index contributed by atoms with van der Waals surface area (Å²) in [6, 6.07) is 2.87. The zero-order valence-corrected chi connectivity index (χ0v) is 7.59. The average molecular weight is 208 g/mol. The highest BCUT2D eigenvalue weighted by molar-refractivity contribution is 6.30. The predicted octanol–water partition coefficient (Wildman–Crippen LogP) is 2.34. The molecule has 2 nitrogen and oxygen atoms in total. The van der Waals surface area contributed by atoms with Crippen molar-refractivity contribution in [2.24, 2.45) is 0 Å². The smallest absolute Gasteiger partial charge is 0.268 e. The maximum absolute atomic E-state index is 12.1. The molecule has 0 spiro atoms. The number of aromatic nitrogens is 1. The third kappa shape index (κ3) is 2.35. The summed E-state index contributed by atoms with van der Waals surface area (Å²) in [6.07, 6.45) is -4.71. The topological polar surface area (TPSA) is 33.1 Å². The molecule has 1 atom stereocenters. The summed E-state index contributed by atoms with van der Waals surface area (Å²) >= 11 is 5.56. The summed E-state index contributed by atoms with van der Waals surface area (Å²) in [7, 11) is 0. The van der Waals surface area contributed by atoms with Gasteiger partial charge in [0.1, 0.15) is 11.3 Å². The van der Waals surface area contributed by atoms with Crippen LogP contribution in [-0.4, -0.2) is 16.5 Å². The Bertz CT molecular complexity index is 306. The zero-order valence-electron chi connectivity index (χ0n) is 6.84. The maximum atomic E-state index is 12.1. The molecular formula is C8H8ClF2NO.